The molecule has 3 N–H and O–H groups in total. The number of hydrogen-bond acceptors (Lipinski definition) is 6. The van der Waals surface area contributed by atoms with E-state index in [2.05, 4.69) is 10.1 Å². The van der Waals surface area contributed by atoms with Crippen LogP contribution in [0.1, 0.15) is 20.8 Å². The van der Waals surface area contributed by atoms with Gasteiger partial charge >= 0.3 is 12.1 Å². The van der Waals surface area contributed by atoms with Crippen LogP contribution in [0.2, 0.25) is 0 Å². The summed E-state index contributed by atoms with van der Waals surface area (Å²) < 4.78 is 9.48. The predicted molar refractivity (Wildman–Crippen MR) is 56.0 cm³/mol. The normalized spacial score (nSPS) is 20.2. The summed E-state index contributed by atoms with van der Waals surface area (Å²) in [5, 5.41) is 20.3. The molecule has 96 valence electrons. The van der Waals surface area contributed by atoms with Crippen molar-refractivity contribution >= 4 is 12.1 Å². The Morgan fingerprint density at radius 1 is 1.53 bits per heavy atom. The Bertz CT molecular complexity index is 367. The van der Waals surface area contributed by atoms with Crippen LogP contribution >= 0.6 is 0 Å². The summed E-state index contributed by atoms with van der Waals surface area (Å²) in [6.45, 7) is 4.41. The lowest BCUT2D eigenvalue weighted by Crippen LogP contribution is -2.33. The Balaban J connectivity index is 2.71. The lowest BCUT2D eigenvalue weighted by Gasteiger charge is -2.19. The van der Waals surface area contributed by atoms with E-state index in [-0.39, 0.29) is 0 Å². The lowest BCUT2D eigenvalue weighted by molar-refractivity contribution is -0.142. The summed E-state index contributed by atoms with van der Waals surface area (Å²) >= 11 is 0. The molecule has 0 spiro atoms. The van der Waals surface area contributed by atoms with Crippen LogP contribution in [0.15, 0.2) is 11.5 Å². The molecule has 7 nitrogen and oxygen atoms in total. The van der Waals surface area contributed by atoms with Crippen molar-refractivity contribution in [3.63, 3.8) is 0 Å². The number of aliphatic hydroxyl groups excluding tert-OH is 2. The van der Waals surface area contributed by atoms with Crippen molar-refractivity contribution < 1.29 is 29.3 Å². The van der Waals surface area contributed by atoms with Crippen molar-refractivity contribution in [2.45, 2.75) is 32.5 Å². The average Bonchev–Trinajstić information content (AvgIpc) is 2.42. The van der Waals surface area contributed by atoms with Crippen LogP contribution in [0.25, 0.3) is 0 Å². The molecule has 0 aromatic carbocycles. The van der Waals surface area contributed by atoms with Crippen molar-refractivity contribution in [2.75, 3.05) is 6.61 Å². The fourth-order valence-corrected chi connectivity index (χ4v) is 1.15. The van der Waals surface area contributed by atoms with Crippen LogP contribution in [0.3, 0.4) is 0 Å². The van der Waals surface area contributed by atoms with Gasteiger partial charge in [-0.25, -0.2) is 9.59 Å². The second-order valence-electron chi connectivity index (χ2n) is 4.46. The maximum absolute atomic E-state index is 11.4. The molecule has 0 aliphatic carbocycles. The van der Waals surface area contributed by atoms with E-state index in [4.69, 9.17) is 9.84 Å². The smallest absolute Gasteiger partial charge is 0.412 e. The minimum atomic E-state index is -1.13. The van der Waals surface area contributed by atoms with Crippen LogP contribution in [0.4, 0.5) is 4.79 Å². The number of hydrogen-bond donors (Lipinski definition) is 3. The van der Waals surface area contributed by atoms with Gasteiger partial charge in [0.2, 0.25) is 0 Å². The molecule has 7 heteroatoms. The lowest BCUT2D eigenvalue weighted by atomic mass is 10.2. The number of carbonyl (C=O) groups excluding carboxylic acids is 2. The molecule has 0 saturated carbocycles. The van der Waals surface area contributed by atoms with Crippen LogP contribution in [0.5, 0.6) is 0 Å². The summed E-state index contributed by atoms with van der Waals surface area (Å²) in [7, 11) is 0. The molecule has 0 bridgehead atoms. The van der Waals surface area contributed by atoms with E-state index in [1.54, 1.807) is 20.8 Å². The standard InChI is InChI=1S/C10H15NO6/c1-10(2,3)17-9(15)11-6-7(13)5(4-12)16-8(6)14/h5,12-13H,4H2,1-3H3,(H,11,15). The number of esters is 1. The third kappa shape index (κ3) is 3.35. The first-order chi connectivity index (χ1) is 7.74. The van der Waals surface area contributed by atoms with Gasteiger partial charge in [0.05, 0.1) is 6.61 Å². The number of cyclic esters (lactones) is 1. The monoisotopic (exact) mass is 245 g/mol. The molecule has 0 aromatic heterocycles. The second kappa shape index (κ2) is 4.62. The van der Waals surface area contributed by atoms with E-state index in [1.165, 1.54) is 0 Å². The molecule has 1 rings (SSSR count). The number of nitrogens with one attached hydrogen (secondary N) is 1. The molecule has 17 heavy (non-hydrogen) atoms. The molecule has 1 aliphatic rings. The molecule has 0 aromatic rings. The number of ether oxygens (including phenoxy) is 2. The third-order valence-corrected chi connectivity index (χ3v) is 1.81. The van der Waals surface area contributed by atoms with Gasteiger partial charge in [0.15, 0.2) is 17.6 Å². The average molecular weight is 245 g/mol. The third-order valence-electron chi connectivity index (χ3n) is 1.81. The van der Waals surface area contributed by atoms with Crippen LogP contribution < -0.4 is 5.32 Å². The van der Waals surface area contributed by atoms with Gasteiger partial charge in [-0.1, -0.05) is 0 Å². The summed E-state index contributed by atoms with van der Waals surface area (Å²) in [6, 6.07) is 0. The van der Waals surface area contributed by atoms with Gasteiger partial charge in [0.25, 0.3) is 0 Å². The van der Waals surface area contributed by atoms with E-state index in [0.717, 1.165) is 0 Å². The minimum absolute atomic E-state index is 0.404. The van der Waals surface area contributed by atoms with Gasteiger partial charge in [0, 0.05) is 0 Å². The fourth-order valence-electron chi connectivity index (χ4n) is 1.15. The topological polar surface area (TPSA) is 105 Å². The van der Waals surface area contributed by atoms with Gasteiger partial charge in [-0.3, -0.25) is 5.32 Å². The van der Waals surface area contributed by atoms with E-state index >= 15 is 0 Å². The zero-order valence-corrected chi connectivity index (χ0v) is 9.81. The molecule has 1 amide bonds. The highest BCUT2D eigenvalue weighted by Gasteiger charge is 2.35. The molecule has 1 heterocycles. The number of aliphatic hydroxyl groups is 2. The van der Waals surface area contributed by atoms with Crippen molar-refractivity contribution in [3.8, 4) is 0 Å². The van der Waals surface area contributed by atoms with Crippen LogP contribution in [-0.2, 0) is 14.3 Å². The quantitative estimate of drug-likeness (QED) is 0.600. The van der Waals surface area contributed by atoms with Crippen molar-refractivity contribution in [3.05, 3.63) is 11.5 Å². The Labute approximate surface area is 98.0 Å². The van der Waals surface area contributed by atoms with Gasteiger partial charge in [-0.05, 0) is 20.8 Å². The first-order valence-corrected chi connectivity index (χ1v) is 4.99. The van der Waals surface area contributed by atoms with Gasteiger partial charge in [-0.2, -0.15) is 0 Å². The first kappa shape index (κ1) is 13.3. The zero-order chi connectivity index (χ0) is 13.2. The zero-order valence-electron chi connectivity index (χ0n) is 9.81. The van der Waals surface area contributed by atoms with Gasteiger partial charge in [-0.15, -0.1) is 0 Å². The summed E-state index contributed by atoms with van der Waals surface area (Å²) in [5.41, 5.74) is -1.13. The SMILES string of the molecule is CC(C)(C)OC(=O)NC1=C(O)C(CO)OC1=O. The van der Waals surface area contributed by atoms with Crippen molar-refractivity contribution in [1.82, 2.24) is 5.32 Å². The number of amides is 1. The maximum atomic E-state index is 11.4. The fraction of sp³-hybridized carbons (Fsp3) is 0.600. The Morgan fingerprint density at radius 2 is 2.12 bits per heavy atom. The Hall–Kier alpha value is -1.76. The van der Waals surface area contributed by atoms with Crippen molar-refractivity contribution in [1.29, 1.82) is 0 Å². The number of alkyl carbamates (subject to hydrolysis) is 1. The molecule has 0 radical (unpaired) electrons. The van der Waals surface area contributed by atoms with Crippen molar-refractivity contribution in [2.24, 2.45) is 0 Å². The summed E-state index contributed by atoms with van der Waals surface area (Å²) in [4.78, 5) is 22.6. The van der Waals surface area contributed by atoms with E-state index in [0.29, 0.717) is 0 Å². The highest BCUT2D eigenvalue weighted by Crippen LogP contribution is 2.18. The maximum Gasteiger partial charge on any atom is 0.412 e. The second-order valence-corrected chi connectivity index (χ2v) is 4.46. The molecular formula is C10H15NO6. The first-order valence-electron chi connectivity index (χ1n) is 4.99. The molecular weight excluding hydrogens is 230 g/mol. The van der Waals surface area contributed by atoms with Crippen LogP contribution in [-0.4, -0.2) is 40.6 Å². The van der Waals surface area contributed by atoms with Crippen LogP contribution in [0, 0.1) is 0 Å². The predicted octanol–water partition coefficient (Wildman–Crippen LogP) is 0.198. The van der Waals surface area contributed by atoms with E-state index in [9.17, 15) is 14.7 Å². The Kier molecular flexibility index (Phi) is 3.62. The molecule has 0 fully saturated rings. The van der Waals surface area contributed by atoms with E-state index in [1.807, 2.05) is 0 Å². The highest BCUT2D eigenvalue weighted by atomic mass is 16.6. The molecule has 1 unspecified atom stereocenters. The largest absolute Gasteiger partial charge is 0.506 e. The Morgan fingerprint density at radius 3 is 2.53 bits per heavy atom. The van der Waals surface area contributed by atoms with E-state index < -0.39 is 41.8 Å². The molecule has 1 aliphatic heterocycles. The molecule has 0 saturated heterocycles. The number of carbonyl (C=O) groups is 2. The van der Waals surface area contributed by atoms with Gasteiger partial charge in [0.1, 0.15) is 5.60 Å². The summed E-state index contributed by atoms with van der Waals surface area (Å²) in [6.07, 6.45) is -2.01. The highest BCUT2D eigenvalue weighted by molar-refractivity contribution is 5.95. The summed E-state index contributed by atoms with van der Waals surface area (Å²) in [5.74, 6) is -1.42. The van der Waals surface area contributed by atoms with Gasteiger partial charge < -0.3 is 19.7 Å². The molecule has 1 atom stereocenters. The number of rotatable bonds is 2. The minimum Gasteiger partial charge on any atom is -0.506 e.